The van der Waals surface area contributed by atoms with E-state index < -0.39 is 0 Å². The van der Waals surface area contributed by atoms with Gasteiger partial charge in [0, 0.05) is 23.9 Å². The number of rotatable bonds is 8. The van der Waals surface area contributed by atoms with Crippen molar-refractivity contribution in [3.05, 3.63) is 66.2 Å². The van der Waals surface area contributed by atoms with E-state index in [-0.39, 0.29) is 23.0 Å². The topological polar surface area (TPSA) is 58.2 Å². The molecule has 1 aliphatic carbocycles. The summed E-state index contributed by atoms with van der Waals surface area (Å²) >= 11 is 1.54. The van der Waals surface area contributed by atoms with Crippen molar-refractivity contribution in [2.24, 2.45) is 5.92 Å². The monoisotopic (exact) mass is 396 g/mol. The van der Waals surface area contributed by atoms with Gasteiger partial charge in [0.15, 0.2) is 0 Å². The molecule has 2 N–H and O–H groups in total. The van der Waals surface area contributed by atoms with Crippen LogP contribution in [0, 0.1) is 5.92 Å². The van der Waals surface area contributed by atoms with Gasteiger partial charge in [0.1, 0.15) is 5.25 Å². The summed E-state index contributed by atoms with van der Waals surface area (Å²) in [4.78, 5) is 26.1. The summed E-state index contributed by atoms with van der Waals surface area (Å²) in [6.07, 6.45) is 5.50. The predicted octanol–water partition coefficient (Wildman–Crippen LogP) is 4.33. The van der Waals surface area contributed by atoms with E-state index in [0.29, 0.717) is 13.1 Å². The summed E-state index contributed by atoms with van der Waals surface area (Å²) in [5.41, 5.74) is 0.972. The molecule has 2 amide bonds. The summed E-state index contributed by atoms with van der Waals surface area (Å²) in [5.74, 6) is 0.245. The first-order chi connectivity index (χ1) is 13.7. The Morgan fingerprint density at radius 2 is 1.46 bits per heavy atom. The molecule has 0 saturated heterocycles. The van der Waals surface area contributed by atoms with E-state index in [4.69, 9.17) is 0 Å². The molecule has 0 radical (unpaired) electrons. The lowest BCUT2D eigenvalue weighted by atomic mass is 9.89. The minimum atomic E-state index is -0.322. The molecule has 0 bridgehead atoms. The fourth-order valence-corrected chi connectivity index (χ4v) is 4.58. The van der Waals surface area contributed by atoms with Crippen LogP contribution in [-0.2, 0) is 9.59 Å². The smallest absolute Gasteiger partial charge is 0.238 e. The average molecular weight is 397 g/mol. The number of thioether (sulfide) groups is 1. The van der Waals surface area contributed by atoms with E-state index in [9.17, 15) is 9.59 Å². The number of amides is 2. The molecule has 5 heteroatoms. The number of carbonyl (C=O) groups is 2. The Balaban J connectivity index is 1.52. The molecule has 0 aliphatic heterocycles. The van der Waals surface area contributed by atoms with Crippen molar-refractivity contribution >= 4 is 23.6 Å². The maximum Gasteiger partial charge on any atom is 0.238 e. The molecule has 2 aromatic rings. The third-order valence-corrected chi connectivity index (χ3v) is 6.30. The molecule has 1 unspecified atom stereocenters. The fourth-order valence-electron chi connectivity index (χ4n) is 3.51. The molecule has 1 atom stereocenters. The van der Waals surface area contributed by atoms with Crippen LogP contribution in [0.3, 0.4) is 0 Å². The van der Waals surface area contributed by atoms with Crippen LogP contribution in [0.25, 0.3) is 0 Å². The first-order valence-corrected chi connectivity index (χ1v) is 10.9. The maximum atomic E-state index is 12.8. The molecule has 4 nitrogen and oxygen atoms in total. The maximum absolute atomic E-state index is 12.8. The summed E-state index contributed by atoms with van der Waals surface area (Å²) in [7, 11) is 0. The normalized spacial score (nSPS) is 15.6. The van der Waals surface area contributed by atoms with Gasteiger partial charge < -0.3 is 10.6 Å². The standard InChI is InChI=1S/C23H28N2O2S/c26-22(19-12-6-2-7-13-19)24-16-17-25-23(27)21(18-10-4-1-5-11-18)28-20-14-8-3-9-15-20/h1,3-5,8-11,14-15,19,21H,2,6-7,12-13,16-17H2,(H,24,26)(H,25,27). The number of carbonyl (C=O) groups excluding carboxylic acids is 2. The lowest BCUT2D eigenvalue weighted by Crippen LogP contribution is -2.39. The first-order valence-electron chi connectivity index (χ1n) is 10.1. The molecule has 0 aromatic heterocycles. The molecule has 0 spiro atoms. The summed E-state index contributed by atoms with van der Waals surface area (Å²) in [6, 6.07) is 19.7. The van der Waals surface area contributed by atoms with E-state index >= 15 is 0 Å². The fraction of sp³-hybridized carbons (Fsp3) is 0.391. The van der Waals surface area contributed by atoms with Crippen molar-refractivity contribution in [3.63, 3.8) is 0 Å². The first kappa shape index (κ1) is 20.5. The Hall–Kier alpha value is -2.27. The largest absolute Gasteiger partial charge is 0.354 e. The van der Waals surface area contributed by atoms with Gasteiger partial charge in [0.25, 0.3) is 0 Å². The van der Waals surface area contributed by atoms with Gasteiger partial charge in [0.2, 0.25) is 11.8 Å². The zero-order valence-corrected chi connectivity index (χ0v) is 16.9. The average Bonchev–Trinajstić information content (AvgIpc) is 2.76. The van der Waals surface area contributed by atoms with E-state index in [1.165, 1.54) is 18.2 Å². The molecule has 0 heterocycles. The van der Waals surface area contributed by atoms with Crippen LogP contribution >= 0.6 is 11.8 Å². The molecular formula is C23H28N2O2S. The second kappa shape index (κ2) is 10.9. The van der Waals surface area contributed by atoms with Crippen LogP contribution in [-0.4, -0.2) is 24.9 Å². The highest BCUT2D eigenvalue weighted by molar-refractivity contribution is 8.00. The van der Waals surface area contributed by atoms with Crippen molar-refractivity contribution < 1.29 is 9.59 Å². The molecule has 28 heavy (non-hydrogen) atoms. The van der Waals surface area contributed by atoms with E-state index in [0.717, 1.165) is 36.1 Å². The van der Waals surface area contributed by atoms with Gasteiger partial charge in [-0.15, -0.1) is 11.8 Å². The van der Waals surface area contributed by atoms with Crippen molar-refractivity contribution in [1.29, 1.82) is 0 Å². The van der Waals surface area contributed by atoms with Crippen LogP contribution in [0.2, 0.25) is 0 Å². The number of hydrogen-bond donors (Lipinski definition) is 2. The zero-order valence-electron chi connectivity index (χ0n) is 16.1. The Morgan fingerprint density at radius 1 is 0.857 bits per heavy atom. The third-order valence-electron chi connectivity index (χ3n) is 5.04. The number of benzene rings is 2. The molecule has 1 saturated carbocycles. The SMILES string of the molecule is O=C(NCCNC(=O)C(Sc1ccccc1)c1ccccc1)C1CCCCC1. The van der Waals surface area contributed by atoms with Crippen molar-refractivity contribution in [3.8, 4) is 0 Å². The van der Waals surface area contributed by atoms with Crippen LogP contribution in [0.4, 0.5) is 0 Å². The van der Waals surface area contributed by atoms with Crippen LogP contribution in [0.15, 0.2) is 65.6 Å². The van der Waals surface area contributed by atoms with Crippen LogP contribution < -0.4 is 10.6 Å². The zero-order chi connectivity index (χ0) is 19.6. The number of hydrogen-bond acceptors (Lipinski definition) is 3. The molecule has 1 fully saturated rings. The minimum Gasteiger partial charge on any atom is -0.354 e. The Kier molecular flexibility index (Phi) is 7.97. The highest BCUT2D eigenvalue weighted by Crippen LogP contribution is 2.35. The Labute approximate surface area is 171 Å². The number of nitrogens with one attached hydrogen (secondary N) is 2. The van der Waals surface area contributed by atoms with E-state index in [1.807, 2.05) is 60.7 Å². The van der Waals surface area contributed by atoms with Gasteiger partial charge in [-0.25, -0.2) is 0 Å². The van der Waals surface area contributed by atoms with Gasteiger partial charge in [-0.1, -0.05) is 67.8 Å². The van der Waals surface area contributed by atoms with E-state index in [2.05, 4.69) is 10.6 Å². The van der Waals surface area contributed by atoms with Crippen LogP contribution in [0.1, 0.15) is 42.9 Å². The lowest BCUT2D eigenvalue weighted by molar-refractivity contribution is -0.126. The van der Waals surface area contributed by atoms with Crippen molar-refractivity contribution in [2.45, 2.75) is 42.2 Å². The molecule has 148 valence electrons. The molecule has 2 aromatic carbocycles. The minimum absolute atomic E-state index is 0.0352. The van der Waals surface area contributed by atoms with Crippen molar-refractivity contribution in [1.82, 2.24) is 10.6 Å². The van der Waals surface area contributed by atoms with Gasteiger partial charge >= 0.3 is 0 Å². The second-order valence-electron chi connectivity index (χ2n) is 7.14. The van der Waals surface area contributed by atoms with Crippen molar-refractivity contribution in [2.75, 3.05) is 13.1 Å². The second-order valence-corrected chi connectivity index (χ2v) is 8.32. The Bertz CT molecular complexity index is 746. The Morgan fingerprint density at radius 3 is 2.14 bits per heavy atom. The highest BCUT2D eigenvalue weighted by atomic mass is 32.2. The van der Waals surface area contributed by atoms with E-state index in [1.54, 1.807) is 0 Å². The lowest BCUT2D eigenvalue weighted by Gasteiger charge is -2.21. The van der Waals surface area contributed by atoms with Gasteiger partial charge in [0.05, 0.1) is 0 Å². The predicted molar refractivity (Wildman–Crippen MR) is 114 cm³/mol. The van der Waals surface area contributed by atoms with Gasteiger partial charge in [-0.3, -0.25) is 9.59 Å². The third kappa shape index (κ3) is 6.13. The highest BCUT2D eigenvalue weighted by Gasteiger charge is 2.23. The molecular weight excluding hydrogens is 368 g/mol. The summed E-state index contributed by atoms with van der Waals surface area (Å²) in [6.45, 7) is 0.911. The quantitative estimate of drug-likeness (QED) is 0.516. The molecule has 1 aliphatic rings. The summed E-state index contributed by atoms with van der Waals surface area (Å²) < 4.78 is 0. The van der Waals surface area contributed by atoms with Crippen LogP contribution in [0.5, 0.6) is 0 Å². The summed E-state index contributed by atoms with van der Waals surface area (Å²) in [5, 5.41) is 5.64. The molecule has 3 rings (SSSR count). The van der Waals surface area contributed by atoms with Gasteiger partial charge in [-0.2, -0.15) is 0 Å². The van der Waals surface area contributed by atoms with Gasteiger partial charge in [-0.05, 0) is 30.5 Å².